The van der Waals surface area contributed by atoms with E-state index < -0.39 is 28.3 Å². The van der Waals surface area contributed by atoms with Crippen molar-refractivity contribution in [3.05, 3.63) is 96.2 Å². The molecule has 3 aromatic carbocycles. The zero-order chi connectivity index (χ0) is 35.5. The number of fused-ring (bicyclic) bond motifs is 1. The summed E-state index contributed by atoms with van der Waals surface area (Å²) in [5, 5.41) is 22.6. The van der Waals surface area contributed by atoms with Crippen LogP contribution in [0.4, 0.5) is 18.9 Å². The number of esters is 1. The number of nitrogens with zero attached hydrogens (tertiary/aromatic N) is 1. The Hall–Kier alpha value is -4.40. The number of aliphatic carboxylic acids is 1. The summed E-state index contributed by atoms with van der Waals surface area (Å²) in [6, 6.07) is 22.6. The van der Waals surface area contributed by atoms with Gasteiger partial charge in [0.1, 0.15) is 0 Å². The second-order valence-electron chi connectivity index (χ2n) is 11.6. The lowest BCUT2D eigenvalue weighted by Crippen LogP contribution is -2.42. The Morgan fingerprint density at radius 1 is 0.979 bits per heavy atom. The molecular weight excluding hydrogens is 651 g/mol. The van der Waals surface area contributed by atoms with E-state index in [1.807, 2.05) is 24.4 Å². The third-order valence-electron chi connectivity index (χ3n) is 7.35. The highest BCUT2D eigenvalue weighted by Gasteiger charge is 2.38. The highest BCUT2D eigenvalue weighted by Crippen LogP contribution is 2.26. The fourth-order valence-corrected chi connectivity index (χ4v) is 5.68. The maximum atomic E-state index is 12.9. The van der Waals surface area contributed by atoms with Crippen LogP contribution in [0.25, 0.3) is 10.9 Å². The third kappa shape index (κ3) is 11.1. The Balaban J connectivity index is 0.000000804. The number of hydrogen-bond acceptors (Lipinski definition) is 7. The molecule has 4 N–H and O–H groups in total. The van der Waals surface area contributed by atoms with Gasteiger partial charge in [-0.3, -0.25) is 4.72 Å². The molecule has 1 unspecified atom stereocenters. The lowest BCUT2D eigenvalue weighted by molar-refractivity contribution is -0.192. The molecule has 1 atom stereocenters. The largest absolute Gasteiger partial charge is 0.490 e. The van der Waals surface area contributed by atoms with Gasteiger partial charge in [-0.25, -0.2) is 18.0 Å². The Labute approximate surface area is 277 Å². The smallest absolute Gasteiger partial charge is 0.475 e. The van der Waals surface area contributed by atoms with E-state index in [0.29, 0.717) is 23.4 Å². The van der Waals surface area contributed by atoms with E-state index in [2.05, 4.69) is 35.4 Å². The number of aromatic nitrogens is 1. The molecule has 48 heavy (non-hydrogen) atoms. The molecule has 1 heterocycles. The predicted octanol–water partition coefficient (Wildman–Crippen LogP) is 6.52. The molecule has 14 heteroatoms. The van der Waals surface area contributed by atoms with Gasteiger partial charge in [0.2, 0.25) is 0 Å². The number of anilines is 1. The lowest BCUT2D eigenvalue weighted by atomic mass is 9.99. The first kappa shape index (κ1) is 38.1. The van der Waals surface area contributed by atoms with Gasteiger partial charge in [-0.2, -0.15) is 13.2 Å². The van der Waals surface area contributed by atoms with Gasteiger partial charge in [-0.05, 0) is 69.2 Å². The summed E-state index contributed by atoms with van der Waals surface area (Å²) < 4.78 is 67.6. The van der Waals surface area contributed by atoms with Crippen molar-refractivity contribution in [2.45, 2.75) is 69.3 Å². The molecule has 0 aliphatic heterocycles. The number of benzene rings is 3. The van der Waals surface area contributed by atoms with Gasteiger partial charge < -0.3 is 24.8 Å². The molecule has 4 aromatic rings. The van der Waals surface area contributed by atoms with Crippen LogP contribution in [0.15, 0.2) is 90.0 Å². The molecule has 0 amide bonds. The quantitative estimate of drug-likeness (QED) is 0.0863. The minimum atomic E-state index is -5.08. The summed E-state index contributed by atoms with van der Waals surface area (Å²) in [4.78, 5) is 21.4. The van der Waals surface area contributed by atoms with Gasteiger partial charge >= 0.3 is 18.1 Å². The number of para-hydroxylation sites is 1. The number of rotatable bonds is 14. The first-order chi connectivity index (χ1) is 22.5. The number of carboxylic acid groups (broad SMARTS) is 1. The maximum absolute atomic E-state index is 12.9. The molecule has 0 bridgehead atoms. The number of aliphatic hydroxyl groups is 1. The zero-order valence-corrected chi connectivity index (χ0v) is 27.6. The van der Waals surface area contributed by atoms with Gasteiger partial charge in [-0.15, -0.1) is 0 Å². The van der Waals surface area contributed by atoms with Crippen LogP contribution in [0.1, 0.15) is 62.1 Å². The third-order valence-corrected chi connectivity index (χ3v) is 8.73. The van der Waals surface area contributed by atoms with Crippen molar-refractivity contribution in [1.29, 1.82) is 0 Å². The predicted molar refractivity (Wildman–Crippen MR) is 176 cm³/mol. The first-order valence-corrected chi connectivity index (χ1v) is 16.7. The molecule has 0 aliphatic rings. The van der Waals surface area contributed by atoms with Crippen molar-refractivity contribution in [2.24, 2.45) is 0 Å². The topological polar surface area (TPSA) is 147 Å². The van der Waals surface area contributed by atoms with Crippen LogP contribution in [0, 0.1) is 0 Å². The lowest BCUT2D eigenvalue weighted by Gasteiger charge is -2.29. The minimum Gasteiger partial charge on any atom is -0.475 e. The number of aliphatic hydroxyl groups excluding tert-OH is 1. The minimum absolute atomic E-state index is 0.157. The molecule has 0 saturated heterocycles. The Bertz CT molecular complexity index is 1780. The monoisotopic (exact) mass is 691 g/mol. The number of aryl methyl sites for hydroxylation is 1. The molecular formula is C34H40F3N3O7S. The summed E-state index contributed by atoms with van der Waals surface area (Å²) >= 11 is 0. The van der Waals surface area contributed by atoms with Crippen LogP contribution in [-0.4, -0.2) is 60.0 Å². The van der Waals surface area contributed by atoms with Crippen molar-refractivity contribution in [3.63, 3.8) is 0 Å². The summed E-state index contributed by atoms with van der Waals surface area (Å²) in [6.07, 6.45) is -1.40. The number of carbonyl (C=O) groups is 2. The normalized spacial score (nSPS) is 12.6. The number of β-amino-alcohol motifs (C(OH)–C–C–N with tert-alkyl or cyclic N) is 1. The van der Waals surface area contributed by atoms with Crippen LogP contribution in [0.2, 0.25) is 0 Å². The van der Waals surface area contributed by atoms with Crippen LogP contribution < -0.4 is 10.0 Å². The van der Waals surface area contributed by atoms with E-state index in [1.165, 1.54) is 12.1 Å². The second-order valence-corrected chi connectivity index (χ2v) is 13.3. The molecule has 10 nitrogen and oxygen atoms in total. The summed E-state index contributed by atoms with van der Waals surface area (Å²) in [6.45, 7) is 7.60. The number of unbranched alkanes of at least 4 members (excludes halogenated alkanes) is 1. The molecule has 0 saturated carbocycles. The highest BCUT2D eigenvalue weighted by atomic mass is 32.2. The van der Waals surface area contributed by atoms with Gasteiger partial charge in [0.25, 0.3) is 10.0 Å². The number of ether oxygens (including phenoxy) is 1. The maximum Gasteiger partial charge on any atom is 0.490 e. The van der Waals surface area contributed by atoms with Gasteiger partial charge in [0.05, 0.1) is 28.9 Å². The second kappa shape index (κ2) is 16.6. The molecule has 0 spiro atoms. The molecule has 0 fully saturated rings. The fraction of sp³-hybridized carbons (Fsp3) is 0.353. The number of hydrogen-bond donors (Lipinski definition) is 4. The average molecular weight is 692 g/mol. The summed E-state index contributed by atoms with van der Waals surface area (Å²) in [5.74, 6) is -3.06. The first-order valence-electron chi connectivity index (χ1n) is 15.2. The SMILES string of the molecule is CCCCOC(=O)c1ccc2c(ccn2CCC(C)(C)NCC(O)c2ccccc2NS(=O)(=O)c2ccccc2)c1.O=C(O)C(F)(F)F. The number of nitrogens with one attached hydrogen (secondary N) is 2. The van der Waals surface area contributed by atoms with E-state index in [9.17, 15) is 31.5 Å². The van der Waals surface area contributed by atoms with Crippen molar-refractivity contribution < 1.29 is 46.1 Å². The fourth-order valence-electron chi connectivity index (χ4n) is 4.57. The van der Waals surface area contributed by atoms with Gasteiger partial charge in [0.15, 0.2) is 0 Å². The average Bonchev–Trinajstić information content (AvgIpc) is 3.45. The molecule has 4 rings (SSSR count). The molecule has 0 radical (unpaired) electrons. The number of halogens is 3. The number of carboxylic acids is 1. The van der Waals surface area contributed by atoms with Crippen LogP contribution >= 0.6 is 0 Å². The standard InChI is InChI=1S/C32H39N3O5S.C2HF3O2/c1-4-5-21-40-31(37)25-15-16-29-24(22-25)17-19-35(29)20-18-32(2,3)33-23-30(36)27-13-9-10-14-28(27)34-41(38,39)26-11-7-6-8-12-26;3-2(4,5)1(6)7/h6-17,19,22,30,33-34,36H,4-5,18,20-21,23H2,1-3H3;(H,6,7). The molecule has 0 aliphatic carbocycles. The van der Waals surface area contributed by atoms with Crippen molar-refractivity contribution in [3.8, 4) is 0 Å². The van der Waals surface area contributed by atoms with Crippen molar-refractivity contribution >= 4 is 38.6 Å². The van der Waals surface area contributed by atoms with E-state index in [4.69, 9.17) is 14.6 Å². The van der Waals surface area contributed by atoms with E-state index in [0.717, 1.165) is 36.7 Å². The van der Waals surface area contributed by atoms with Gasteiger partial charge in [-0.1, -0.05) is 49.7 Å². The van der Waals surface area contributed by atoms with Crippen LogP contribution in [0.5, 0.6) is 0 Å². The van der Waals surface area contributed by atoms with Crippen LogP contribution in [-0.2, 0) is 26.1 Å². The molecule has 260 valence electrons. The Kier molecular flexibility index (Phi) is 13.2. The highest BCUT2D eigenvalue weighted by molar-refractivity contribution is 7.92. The van der Waals surface area contributed by atoms with Crippen molar-refractivity contribution in [1.82, 2.24) is 9.88 Å². The van der Waals surface area contributed by atoms with E-state index >= 15 is 0 Å². The Morgan fingerprint density at radius 3 is 2.27 bits per heavy atom. The number of carbonyl (C=O) groups excluding carboxylic acids is 1. The van der Waals surface area contributed by atoms with Crippen LogP contribution in [0.3, 0.4) is 0 Å². The number of alkyl halides is 3. The van der Waals surface area contributed by atoms with Crippen molar-refractivity contribution in [2.75, 3.05) is 17.9 Å². The van der Waals surface area contributed by atoms with Gasteiger partial charge in [0, 0.05) is 41.3 Å². The van der Waals surface area contributed by atoms with E-state index in [-0.39, 0.29) is 22.9 Å². The molecule has 1 aromatic heterocycles. The Morgan fingerprint density at radius 2 is 1.62 bits per heavy atom. The zero-order valence-electron chi connectivity index (χ0n) is 26.8. The van der Waals surface area contributed by atoms with E-state index in [1.54, 1.807) is 48.5 Å². The summed E-state index contributed by atoms with van der Waals surface area (Å²) in [5.41, 5.74) is 2.10. The summed E-state index contributed by atoms with van der Waals surface area (Å²) in [7, 11) is -3.79. The number of sulfonamides is 1.